The van der Waals surface area contributed by atoms with Crippen LogP contribution in [0.15, 0.2) is 41.0 Å². The predicted molar refractivity (Wildman–Crippen MR) is 95.5 cm³/mol. The van der Waals surface area contributed by atoms with Crippen LogP contribution in [0.3, 0.4) is 0 Å². The Morgan fingerprint density at radius 1 is 1.22 bits per heavy atom. The maximum atomic E-state index is 9.68. The number of methoxy groups -OCH3 is 1. The van der Waals surface area contributed by atoms with Gasteiger partial charge in [0.15, 0.2) is 8.38 Å². The Kier molecular flexibility index (Phi) is 9.11. The molecular formula is C16H23B2O4P. The molecule has 4 nitrogen and oxygen atoms in total. The number of hydrogen-bond acceptors (Lipinski definition) is 4. The van der Waals surface area contributed by atoms with Crippen LogP contribution in [0.4, 0.5) is 0 Å². The molecule has 7 heteroatoms. The summed E-state index contributed by atoms with van der Waals surface area (Å²) in [4.78, 5) is 9.68. The van der Waals surface area contributed by atoms with Crippen molar-refractivity contribution in [2.75, 3.05) is 14.2 Å². The first-order chi connectivity index (χ1) is 11.1. The molecule has 2 rings (SSSR count). The molecular weight excluding hydrogens is 309 g/mol. The van der Waals surface area contributed by atoms with E-state index in [0.29, 0.717) is 6.42 Å². The van der Waals surface area contributed by atoms with Gasteiger partial charge < -0.3 is 18.9 Å². The molecule has 3 unspecified atom stereocenters. The van der Waals surface area contributed by atoms with E-state index < -0.39 is 14.5 Å². The van der Waals surface area contributed by atoms with Crippen molar-refractivity contribution in [3.8, 4) is 0 Å². The molecule has 4 atom stereocenters. The second-order valence-electron chi connectivity index (χ2n) is 4.76. The molecule has 0 aliphatic carbocycles. The average Bonchev–Trinajstić information content (AvgIpc) is 3.06. The lowest BCUT2D eigenvalue weighted by atomic mass is 9.82. The lowest BCUT2D eigenvalue weighted by Crippen LogP contribution is -2.26. The van der Waals surface area contributed by atoms with Crippen molar-refractivity contribution in [3.63, 3.8) is 0 Å². The zero-order valence-corrected chi connectivity index (χ0v) is 15.0. The van der Waals surface area contributed by atoms with Gasteiger partial charge in [0.2, 0.25) is 0 Å². The van der Waals surface area contributed by atoms with Gasteiger partial charge in [0.1, 0.15) is 15.7 Å². The molecule has 1 N–H and O–H groups in total. The summed E-state index contributed by atoms with van der Waals surface area (Å²) in [7, 11) is 12.9. The lowest BCUT2D eigenvalue weighted by molar-refractivity contribution is 0.0193. The van der Waals surface area contributed by atoms with Crippen molar-refractivity contribution in [3.05, 3.63) is 46.6 Å². The van der Waals surface area contributed by atoms with Gasteiger partial charge in [0, 0.05) is 20.6 Å². The van der Waals surface area contributed by atoms with E-state index >= 15 is 0 Å². The monoisotopic (exact) mass is 332 g/mol. The SMILES string of the molecule is CC.[B]/C(=C(/[B])P(O)OC)C1OC(c2ccccc2)C[C@@H]1OC. The van der Waals surface area contributed by atoms with Crippen LogP contribution >= 0.6 is 8.38 Å². The Labute approximate surface area is 143 Å². The molecule has 1 saturated heterocycles. The molecule has 0 spiro atoms. The van der Waals surface area contributed by atoms with E-state index in [1.54, 1.807) is 7.11 Å². The Bertz CT molecular complexity index is 498. The molecule has 0 saturated carbocycles. The van der Waals surface area contributed by atoms with E-state index in [9.17, 15) is 4.89 Å². The molecule has 0 aromatic heterocycles. The summed E-state index contributed by atoms with van der Waals surface area (Å²) < 4.78 is 16.3. The molecule has 122 valence electrons. The minimum atomic E-state index is -1.89. The molecule has 23 heavy (non-hydrogen) atoms. The van der Waals surface area contributed by atoms with Gasteiger partial charge in [-0.25, -0.2) is 0 Å². The van der Waals surface area contributed by atoms with Crippen molar-refractivity contribution < 1.29 is 18.9 Å². The normalized spacial score (nSPS) is 26.0. The number of hydrogen-bond donors (Lipinski definition) is 1. The van der Waals surface area contributed by atoms with Crippen LogP contribution < -0.4 is 0 Å². The third kappa shape index (κ3) is 5.17. The topological polar surface area (TPSA) is 47.9 Å². The number of benzene rings is 1. The highest BCUT2D eigenvalue weighted by Gasteiger charge is 2.37. The average molecular weight is 332 g/mol. The summed E-state index contributed by atoms with van der Waals surface area (Å²) in [5, 5.41) is 0.119. The standard InChI is InChI=1S/C14H17B2O4P.C2H6/c1-18-11-8-10(9-6-4-3-5-7-9)20-13(11)12(15)14(16)21(17)19-2;1-2/h3-7,10-11,13,17H,8H2,1-2H3;1-2H3/b14-12-;/t10?,11-,13?,21?;/m0./s1. The minimum Gasteiger partial charge on any atom is -0.378 e. The van der Waals surface area contributed by atoms with Crippen LogP contribution in [0, 0.1) is 0 Å². The quantitative estimate of drug-likeness (QED) is 0.665. The van der Waals surface area contributed by atoms with Crippen molar-refractivity contribution in [1.82, 2.24) is 0 Å². The summed E-state index contributed by atoms with van der Waals surface area (Å²) >= 11 is 0. The zero-order valence-electron chi connectivity index (χ0n) is 14.1. The van der Waals surface area contributed by atoms with Crippen molar-refractivity contribution in [2.45, 2.75) is 38.6 Å². The smallest absolute Gasteiger partial charge is 0.185 e. The lowest BCUT2D eigenvalue weighted by Gasteiger charge is -2.22. The Morgan fingerprint density at radius 2 is 1.83 bits per heavy atom. The molecule has 1 aliphatic heterocycles. The predicted octanol–water partition coefficient (Wildman–Crippen LogP) is 3.01. The van der Waals surface area contributed by atoms with Gasteiger partial charge in [-0.3, -0.25) is 0 Å². The Morgan fingerprint density at radius 3 is 2.35 bits per heavy atom. The first-order valence-electron chi connectivity index (χ1n) is 7.59. The van der Waals surface area contributed by atoms with E-state index in [0.717, 1.165) is 5.56 Å². The highest BCUT2D eigenvalue weighted by atomic mass is 31.2. The molecule has 1 aliphatic rings. The van der Waals surface area contributed by atoms with Crippen LogP contribution in [0.2, 0.25) is 0 Å². The molecule has 1 fully saturated rings. The van der Waals surface area contributed by atoms with Crippen molar-refractivity contribution in [1.29, 1.82) is 0 Å². The first kappa shape index (κ1) is 20.4. The fraction of sp³-hybridized carbons (Fsp3) is 0.500. The van der Waals surface area contributed by atoms with Gasteiger partial charge in [-0.1, -0.05) is 54.9 Å². The first-order valence-corrected chi connectivity index (χ1v) is 8.81. The Balaban J connectivity index is 0.00000127. The summed E-state index contributed by atoms with van der Waals surface area (Å²) in [5.74, 6) is 0. The summed E-state index contributed by atoms with van der Waals surface area (Å²) in [6.07, 6.45) is -0.142. The maximum Gasteiger partial charge on any atom is 0.185 e. The van der Waals surface area contributed by atoms with Gasteiger partial charge in [0.25, 0.3) is 0 Å². The van der Waals surface area contributed by atoms with Gasteiger partial charge in [-0.2, -0.15) is 0 Å². The Hall–Kier alpha value is -0.640. The largest absolute Gasteiger partial charge is 0.378 e. The van der Waals surface area contributed by atoms with E-state index in [2.05, 4.69) is 0 Å². The molecule has 0 bridgehead atoms. The van der Waals surface area contributed by atoms with Crippen LogP contribution in [0.25, 0.3) is 0 Å². The number of rotatable bonds is 5. The second-order valence-corrected chi connectivity index (χ2v) is 6.15. The van der Waals surface area contributed by atoms with Gasteiger partial charge >= 0.3 is 0 Å². The molecule has 4 radical (unpaired) electrons. The van der Waals surface area contributed by atoms with Crippen molar-refractivity contribution >= 4 is 24.1 Å². The molecule has 1 aromatic carbocycles. The van der Waals surface area contributed by atoms with Crippen LogP contribution in [0.5, 0.6) is 0 Å². The minimum absolute atomic E-state index is 0.111. The third-order valence-electron chi connectivity index (χ3n) is 3.55. The maximum absolute atomic E-state index is 9.68. The molecule has 1 heterocycles. The molecule has 0 amide bonds. The van der Waals surface area contributed by atoms with Crippen molar-refractivity contribution in [2.24, 2.45) is 0 Å². The van der Waals surface area contributed by atoms with Gasteiger partial charge in [0.05, 0.1) is 18.3 Å². The van der Waals surface area contributed by atoms with Gasteiger partial charge in [-0.15, -0.1) is 0 Å². The van der Waals surface area contributed by atoms with Gasteiger partial charge in [-0.05, 0) is 5.56 Å². The highest BCUT2D eigenvalue weighted by molar-refractivity contribution is 7.53. The molecule has 1 aromatic rings. The van der Waals surface area contributed by atoms with E-state index in [1.165, 1.54) is 7.11 Å². The van der Waals surface area contributed by atoms with E-state index in [-0.39, 0.29) is 22.9 Å². The number of ether oxygens (including phenoxy) is 2. The van der Waals surface area contributed by atoms with E-state index in [1.807, 2.05) is 44.2 Å². The van der Waals surface area contributed by atoms with E-state index in [4.69, 9.17) is 29.7 Å². The van der Waals surface area contributed by atoms with Crippen LogP contribution in [-0.4, -0.2) is 47.0 Å². The third-order valence-corrected chi connectivity index (χ3v) is 4.57. The van der Waals surface area contributed by atoms with Crippen LogP contribution in [-0.2, 0) is 14.0 Å². The van der Waals surface area contributed by atoms with Crippen LogP contribution in [0.1, 0.15) is 31.9 Å². The zero-order chi connectivity index (χ0) is 17.4. The summed E-state index contributed by atoms with van der Waals surface area (Å²) in [6, 6.07) is 9.86. The fourth-order valence-electron chi connectivity index (χ4n) is 2.39. The fourth-order valence-corrected chi connectivity index (χ4v) is 2.93. The highest BCUT2D eigenvalue weighted by Crippen LogP contribution is 2.43. The second kappa shape index (κ2) is 10.3. The summed E-state index contributed by atoms with van der Waals surface area (Å²) in [5.41, 5.74) is 1.34. The summed E-state index contributed by atoms with van der Waals surface area (Å²) in [6.45, 7) is 4.00.